The molecule has 4 nitrogen and oxygen atoms in total. The molecule has 0 radical (unpaired) electrons. The molecule has 0 aliphatic rings. The predicted molar refractivity (Wildman–Crippen MR) is 110 cm³/mol. The molecule has 1 amide bonds. The first-order valence-electron chi connectivity index (χ1n) is 8.06. The van der Waals surface area contributed by atoms with Gasteiger partial charge in [-0.2, -0.15) is 11.3 Å². The van der Waals surface area contributed by atoms with Gasteiger partial charge in [0.05, 0.1) is 11.4 Å². The van der Waals surface area contributed by atoms with Crippen molar-refractivity contribution in [3.05, 3.63) is 62.4 Å². The van der Waals surface area contributed by atoms with Gasteiger partial charge in [-0.05, 0) is 49.6 Å². The van der Waals surface area contributed by atoms with E-state index in [0.29, 0.717) is 15.7 Å². The summed E-state index contributed by atoms with van der Waals surface area (Å²) in [7, 11) is 0. The molecule has 0 bridgehead atoms. The van der Waals surface area contributed by atoms with Crippen LogP contribution in [0.15, 0.2) is 41.1 Å². The van der Waals surface area contributed by atoms with E-state index in [2.05, 4.69) is 15.3 Å². The molecule has 3 aromatic heterocycles. The summed E-state index contributed by atoms with van der Waals surface area (Å²) in [6.07, 6.45) is 0. The van der Waals surface area contributed by atoms with Gasteiger partial charge in [0.2, 0.25) is 0 Å². The first-order chi connectivity index (χ1) is 13.0. The van der Waals surface area contributed by atoms with Crippen LogP contribution in [0.25, 0.3) is 21.8 Å². The highest BCUT2D eigenvalue weighted by Gasteiger charge is 2.19. The van der Waals surface area contributed by atoms with Crippen LogP contribution in [0, 0.1) is 19.7 Å². The Morgan fingerprint density at radius 3 is 2.52 bits per heavy atom. The maximum atomic E-state index is 13.1. The van der Waals surface area contributed by atoms with Gasteiger partial charge in [0.25, 0.3) is 5.91 Å². The molecule has 0 aliphatic carbocycles. The molecule has 0 aliphatic heterocycles. The minimum absolute atomic E-state index is 0.217. The zero-order valence-electron chi connectivity index (χ0n) is 14.4. The zero-order chi connectivity index (χ0) is 19.0. The molecule has 0 spiro atoms. The topological polar surface area (TPSA) is 54.9 Å². The van der Waals surface area contributed by atoms with Crippen molar-refractivity contribution in [3.8, 4) is 21.8 Å². The molecule has 4 rings (SSSR count). The van der Waals surface area contributed by atoms with Crippen molar-refractivity contribution in [2.45, 2.75) is 13.8 Å². The Kier molecular flexibility index (Phi) is 4.86. The van der Waals surface area contributed by atoms with Gasteiger partial charge >= 0.3 is 0 Å². The molecule has 0 unspecified atom stereocenters. The average molecular weight is 416 g/mol. The normalized spacial score (nSPS) is 10.9. The summed E-state index contributed by atoms with van der Waals surface area (Å²) in [5, 5.41) is 8.22. The lowest BCUT2D eigenvalue weighted by molar-refractivity contribution is 0.103. The van der Waals surface area contributed by atoms with E-state index in [1.807, 2.05) is 30.7 Å². The van der Waals surface area contributed by atoms with Gasteiger partial charge in [-0.1, -0.05) is 0 Å². The minimum Gasteiger partial charge on any atom is -0.297 e. The van der Waals surface area contributed by atoms with Crippen LogP contribution in [0.3, 0.4) is 0 Å². The number of nitrogens with one attached hydrogen (secondary N) is 1. The minimum atomic E-state index is -0.290. The Morgan fingerprint density at radius 2 is 1.81 bits per heavy atom. The number of carbonyl (C=O) groups excluding carboxylic acids is 1. The predicted octanol–water partition coefficient (Wildman–Crippen LogP) is 6.00. The Bertz CT molecular complexity index is 1100. The van der Waals surface area contributed by atoms with Gasteiger partial charge in [0.1, 0.15) is 15.7 Å². The summed E-state index contributed by atoms with van der Waals surface area (Å²) in [6.45, 7) is 3.76. The second kappa shape index (κ2) is 7.30. The monoisotopic (exact) mass is 415 g/mol. The van der Waals surface area contributed by atoms with E-state index in [1.54, 1.807) is 23.5 Å². The third kappa shape index (κ3) is 3.69. The Morgan fingerprint density at radius 1 is 1.04 bits per heavy atom. The number of thiazole rings is 2. The third-order valence-electron chi connectivity index (χ3n) is 3.91. The molecule has 0 fully saturated rings. The van der Waals surface area contributed by atoms with E-state index in [0.717, 1.165) is 26.7 Å². The lowest BCUT2D eigenvalue weighted by atomic mass is 10.1. The number of halogens is 1. The van der Waals surface area contributed by atoms with Crippen LogP contribution in [-0.4, -0.2) is 15.9 Å². The van der Waals surface area contributed by atoms with Crippen LogP contribution in [-0.2, 0) is 0 Å². The largest absolute Gasteiger partial charge is 0.297 e. The number of hydrogen-bond donors (Lipinski definition) is 1. The first kappa shape index (κ1) is 18.0. The van der Waals surface area contributed by atoms with Crippen molar-refractivity contribution < 1.29 is 9.18 Å². The highest BCUT2D eigenvalue weighted by atomic mass is 32.1. The summed E-state index contributed by atoms with van der Waals surface area (Å²) in [6, 6.07) is 8.16. The van der Waals surface area contributed by atoms with E-state index in [4.69, 9.17) is 0 Å². The average Bonchev–Trinajstić information content (AvgIpc) is 3.36. The smallest absolute Gasteiger partial charge is 0.269 e. The molecule has 4 aromatic rings. The Balaban J connectivity index is 1.57. The fraction of sp³-hybridized carbons (Fsp3) is 0.105. The highest BCUT2D eigenvalue weighted by molar-refractivity contribution is 7.18. The molecule has 27 heavy (non-hydrogen) atoms. The lowest BCUT2D eigenvalue weighted by Gasteiger charge is -1.99. The van der Waals surface area contributed by atoms with Gasteiger partial charge in [-0.15, -0.1) is 22.7 Å². The van der Waals surface area contributed by atoms with E-state index < -0.39 is 0 Å². The second-order valence-electron chi connectivity index (χ2n) is 5.83. The van der Waals surface area contributed by atoms with Crippen molar-refractivity contribution in [1.82, 2.24) is 9.97 Å². The summed E-state index contributed by atoms with van der Waals surface area (Å²) in [5.41, 5.74) is 3.29. The van der Waals surface area contributed by atoms with Crippen molar-refractivity contribution >= 4 is 45.0 Å². The number of thiophene rings is 1. The fourth-order valence-corrected chi connectivity index (χ4v) is 5.10. The van der Waals surface area contributed by atoms with E-state index in [9.17, 15) is 9.18 Å². The van der Waals surface area contributed by atoms with Gasteiger partial charge in [0.15, 0.2) is 5.13 Å². The fourth-order valence-electron chi connectivity index (χ4n) is 2.60. The van der Waals surface area contributed by atoms with Gasteiger partial charge in [0, 0.05) is 21.4 Å². The first-order valence-corrected chi connectivity index (χ1v) is 10.6. The number of carbonyl (C=O) groups is 1. The molecule has 3 heterocycles. The molecular weight excluding hydrogens is 401 g/mol. The molecule has 1 N–H and O–H groups in total. The third-order valence-corrected chi connectivity index (χ3v) is 6.68. The molecule has 0 saturated heterocycles. The van der Waals surface area contributed by atoms with Crippen molar-refractivity contribution in [2.75, 3.05) is 5.32 Å². The summed E-state index contributed by atoms with van der Waals surface area (Å²) >= 11 is 4.37. The number of anilines is 1. The maximum absolute atomic E-state index is 13.1. The van der Waals surface area contributed by atoms with Crippen LogP contribution < -0.4 is 5.32 Å². The number of hydrogen-bond acceptors (Lipinski definition) is 6. The Hall–Kier alpha value is -2.42. The number of amides is 1. The van der Waals surface area contributed by atoms with E-state index in [1.165, 1.54) is 34.8 Å². The van der Waals surface area contributed by atoms with Gasteiger partial charge in [-0.25, -0.2) is 14.4 Å². The number of nitrogens with zero attached hydrogens (tertiary/aromatic N) is 2. The quantitative estimate of drug-likeness (QED) is 0.444. The number of benzene rings is 1. The number of aromatic nitrogens is 2. The standard InChI is InChI=1S/C19H14FN3OS3/c1-10-16(27-18(21-10)13-7-8-25-9-13)17(24)23-19-22-15(11(2)26-19)12-3-5-14(20)6-4-12/h3-9H,1-2H3,(H,22,23,24). The van der Waals surface area contributed by atoms with Crippen molar-refractivity contribution in [3.63, 3.8) is 0 Å². The maximum Gasteiger partial charge on any atom is 0.269 e. The molecule has 136 valence electrons. The molecular formula is C19H14FN3OS3. The lowest BCUT2D eigenvalue weighted by Crippen LogP contribution is -2.11. The second-order valence-corrected chi connectivity index (χ2v) is 8.81. The summed E-state index contributed by atoms with van der Waals surface area (Å²) < 4.78 is 13.1. The van der Waals surface area contributed by atoms with Gasteiger partial charge in [-0.3, -0.25) is 10.1 Å². The van der Waals surface area contributed by atoms with Gasteiger partial charge < -0.3 is 0 Å². The van der Waals surface area contributed by atoms with E-state index >= 15 is 0 Å². The highest BCUT2D eigenvalue weighted by Crippen LogP contribution is 2.33. The van der Waals surface area contributed by atoms with Crippen LogP contribution in [0.5, 0.6) is 0 Å². The van der Waals surface area contributed by atoms with E-state index in [-0.39, 0.29) is 11.7 Å². The van der Waals surface area contributed by atoms with Crippen LogP contribution >= 0.6 is 34.0 Å². The molecule has 1 aromatic carbocycles. The van der Waals surface area contributed by atoms with Crippen LogP contribution in [0.4, 0.5) is 9.52 Å². The number of aryl methyl sites for hydroxylation is 2. The van der Waals surface area contributed by atoms with Crippen molar-refractivity contribution in [2.24, 2.45) is 0 Å². The Labute approximate surface area is 167 Å². The summed E-state index contributed by atoms with van der Waals surface area (Å²) in [5.74, 6) is -0.506. The molecule has 0 atom stereocenters. The summed E-state index contributed by atoms with van der Waals surface area (Å²) in [4.78, 5) is 23.2. The molecule has 0 saturated carbocycles. The van der Waals surface area contributed by atoms with Crippen LogP contribution in [0.1, 0.15) is 20.2 Å². The van der Waals surface area contributed by atoms with Crippen LogP contribution in [0.2, 0.25) is 0 Å². The number of rotatable bonds is 4. The SMILES string of the molecule is Cc1nc(-c2ccsc2)sc1C(=O)Nc1nc(-c2ccc(F)cc2)c(C)s1. The van der Waals surface area contributed by atoms with Crippen molar-refractivity contribution in [1.29, 1.82) is 0 Å². The zero-order valence-corrected chi connectivity index (χ0v) is 16.9. The molecule has 8 heteroatoms.